The van der Waals surface area contributed by atoms with Gasteiger partial charge in [0, 0.05) is 37.8 Å². The monoisotopic (exact) mass is 318 g/mol. The number of aromatic nitrogens is 3. The summed E-state index contributed by atoms with van der Waals surface area (Å²) < 4.78 is 0. The number of hydrogen-bond donors (Lipinski definition) is 1. The molecule has 8 heteroatoms. The summed E-state index contributed by atoms with van der Waals surface area (Å²) in [6.07, 6.45) is 4.91. The van der Waals surface area contributed by atoms with E-state index < -0.39 is 5.91 Å². The number of carbonyl (C=O) groups excluding carboxylic acids is 1. The van der Waals surface area contributed by atoms with Crippen molar-refractivity contribution in [1.29, 1.82) is 0 Å². The fourth-order valence-electron chi connectivity index (χ4n) is 2.56. The number of nitrogens with two attached hydrogens (primary N) is 1. The molecule has 0 bridgehead atoms. The summed E-state index contributed by atoms with van der Waals surface area (Å²) in [5, 5.41) is 3.15. The fourth-order valence-corrected chi connectivity index (χ4v) is 3.29. The van der Waals surface area contributed by atoms with Crippen molar-refractivity contribution < 1.29 is 4.79 Å². The molecule has 1 atom stereocenters. The largest absolute Gasteiger partial charge is 0.364 e. The molecule has 7 nitrogen and oxygen atoms in total. The van der Waals surface area contributed by atoms with Crippen LogP contribution >= 0.6 is 11.3 Å². The molecule has 2 aromatic rings. The van der Waals surface area contributed by atoms with Crippen LogP contribution in [-0.2, 0) is 0 Å². The normalized spacial score (nSPS) is 17.4. The number of rotatable bonds is 4. The van der Waals surface area contributed by atoms with Crippen LogP contribution in [0.4, 0.5) is 5.82 Å². The van der Waals surface area contributed by atoms with Crippen molar-refractivity contribution in [3.8, 4) is 0 Å². The summed E-state index contributed by atoms with van der Waals surface area (Å²) in [5.41, 5.74) is 5.46. The molecule has 0 aromatic carbocycles. The number of hydrogen-bond acceptors (Lipinski definition) is 7. The molecular formula is C14H18N6OS. The average molecular weight is 318 g/mol. The minimum absolute atomic E-state index is 0.205. The van der Waals surface area contributed by atoms with Gasteiger partial charge in [-0.1, -0.05) is 0 Å². The van der Waals surface area contributed by atoms with Gasteiger partial charge < -0.3 is 10.6 Å². The molecule has 1 aliphatic rings. The number of thiazole rings is 1. The van der Waals surface area contributed by atoms with Crippen molar-refractivity contribution in [3.05, 3.63) is 34.7 Å². The lowest BCUT2D eigenvalue weighted by Gasteiger charge is -2.37. The maximum atomic E-state index is 11.2. The molecular weight excluding hydrogens is 300 g/mol. The lowest BCUT2D eigenvalue weighted by molar-refractivity contribution is 0.0995. The van der Waals surface area contributed by atoms with Crippen molar-refractivity contribution in [1.82, 2.24) is 19.9 Å². The standard InChI is InChI=1S/C14H18N6OS/c1-10(14-17-2-7-22-14)19-3-5-20(6-4-19)12-9-16-8-11(18-12)13(15)21/h2,7-10H,3-6H2,1H3,(H2,15,21). The molecule has 116 valence electrons. The van der Waals surface area contributed by atoms with Crippen LogP contribution in [0.1, 0.15) is 28.5 Å². The summed E-state index contributed by atoms with van der Waals surface area (Å²) in [5.74, 6) is 0.156. The summed E-state index contributed by atoms with van der Waals surface area (Å²) >= 11 is 1.69. The number of primary amides is 1. The molecule has 1 unspecified atom stereocenters. The van der Waals surface area contributed by atoms with Gasteiger partial charge in [0.15, 0.2) is 0 Å². The van der Waals surface area contributed by atoms with E-state index >= 15 is 0 Å². The highest BCUT2D eigenvalue weighted by molar-refractivity contribution is 7.09. The minimum atomic E-state index is -0.551. The van der Waals surface area contributed by atoms with Gasteiger partial charge in [-0.05, 0) is 6.92 Å². The Morgan fingerprint density at radius 3 is 2.73 bits per heavy atom. The van der Waals surface area contributed by atoms with E-state index in [0.29, 0.717) is 11.9 Å². The molecule has 22 heavy (non-hydrogen) atoms. The van der Waals surface area contributed by atoms with E-state index in [2.05, 4.69) is 31.7 Å². The van der Waals surface area contributed by atoms with Crippen molar-refractivity contribution in [2.75, 3.05) is 31.1 Å². The van der Waals surface area contributed by atoms with Gasteiger partial charge in [-0.25, -0.2) is 9.97 Å². The molecule has 1 saturated heterocycles. The number of anilines is 1. The lowest BCUT2D eigenvalue weighted by atomic mass is 10.2. The molecule has 3 rings (SSSR count). The van der Waals surface area contributed by atoms with Crippen LogP contribution in [-0.4, -0.2) is 51.9 Å². The molecule has 2 aromatic heterocycles. The average Bonchev–Trinajstić information content (AvgIpc) is 3.09. The first-order valence-electron chi connectivity index (χ1n) is 7.15. The highest BCUT2D eigenvalue weighted by Crippen LogP contribution is 2.24. The third-order valence-electron chi connectivity index (χ3n) is 3.87. The Morgan fingerprint density at radius 1 is 1.32 bits per heavy atom. The molecule has 0 spiro atoms. The van der Waals surface area contributed by atoms with Gasteiger partial charge in [0.1, 0.15) is 16.5 Å². The summed E-state index contributed by atoms with van der Waals surface area (Å²) in [6.45, 7) is 5.70. The maximum absolute atomic E-state index is 11.2. The predicted octanol–water partition coefficient (Wildman–Crippen LogP) is 0.915. The number of nitrogens with zero attached hydrogens (tertiary/aromatic N) is 5. The summed E-state index contributed by atoms with van der Waals surface area (Å²) in [6, 6.07) is 0.324. The van der Waals surface area contributed by atoms with Crippen molar-refractivity contribution >= 4 is 23.1 Å². The zero-order valence-electron chi connectivity index (χ0n) is 12.3. The van der Waals surface area contributed by atoms with E-state index in [1.165, 1.54) is 6.20 Å². The quantitative estimate of drug-likeness (QED) is 0.901. The fraction of sp³-hybridized carbons (Fsp3) is 0.429. The third kappa shape index (κ3) is 3.07. The van der Waals surface area contributed by atoms with Gasteiger partial charge in [-0.2, -0.15) is 0 Å². The van der Waals surface area contributed by atoms with Crippen LogP contribution in [0.5, 0.6) is 0 Å². The van der Waals surface area contributed by atoms with E-state index in [0.717, 1.165) is 31.2 Å². The Hall–Kier alpha value is -2.06. The number of piperazine rings is 1. The zero-order valence-corrected chi connectivity index (χ0v) is 13.2. The van der Waals surface area contributed by atoms with Crippen LogP contribution in [0.25, 0.3) is 0 Å². The minimum Gasteiger partial charge on any atom is -0.364 e. The molecule has 1 amide bonds. The second-order valence-electron chi connectivity index (χ2n) is 5.20. The van der Waals surface area contributed by atoms with Crippen LogP contribution in [0, 0.1) is 0 Å². The summed E-state index contributed by atoms with van der Waals surface area (Å²) in [4.78, 5) is 28.4. The predicted molar refractivity (Wildman–Crippen MR) is 84.9 cm³/mol. The van der Waals surface area contributed by atoms with E-state index in [1.807, 2.05) is 11.6 Å². The molecule has 0 aliphatic carbocycles. The Labute approximate surface area is 132 Å². The van der Waals surface area contributed by atoms with Crippen molar-refractivity contribution in [3.63, 3.8) is 0 Å². The molecule has 0 radical (unpaired) electrons. The van der Waals surface area contributed by atoms with E-state index in [1.54, 1.807) is 17.5 Å². The van der Waals surface area contributed by atoms with Gasteiger partial charge >= 0.3 is 0 Å². The van der Waals surface area contributed by atoms with Crippen LogP contribution < -0.4 is 10.6 Å². The van der Waals surface area contributed by atoms with Gasteiger partial charge in [0.25, 0.3) is 5.91 Å². The van der Waals surface area contributed by atoms with Crippen LogP contribution in [0.3, 0.4) is 0 Å². The van der Waals surface area contributed by atoms with Gasteiger partial charge in [0.05, 0.1) is 18.4 Å². The van der Waals surface area contributed by atoms with Crippen LogP contribution in [0.15, 0.2) is 24.0 Å². The topological polar surface area (TPSA) is 88.2 Å². The third-order valence-corrected chi connectivity index (χ3v) is 4.81. The highest BCUT2D eigenvalue weighted by Gasteiger charge is 2.24. The summed E-state index contributed by atoms with van der Waals surface area (Å²) in [7, 11) is 0. The second kappa shape index (κ2) is 6.37. The molecule has 1 fully saturated rings. The van der Waals surface area contributed by atoms with Crippen LogP contribution in [0.2, 0.25) is 0 Å². The maximum Gasteiger partial charge on any atom is 0.268 e. The van der Waals surface area contributed by atoms with Gasteiger partial charge in [0.2, 0.25) is 0 Å². The van der Waals surface area contributed by atoms with E-state index in [-0.39, 0.29) is 5.69 Å². The SMILES string of the molecule is CC(c1nccs1)N1CCN(c2cncc(C(N)=O)n2)CC1. The van der Waals surface area contributed by atoms with Crippen molar-refractivity contribution in [2.24, 2.45) is 5.73 Å². The van der Waals surface area contributed by atoms with Gasteiger partial charge in [-0.3, -0.25) is 14.7 Å². The Morgan fingerprint density at radius 2 is 2.09 bits per heavy atom. The smallest absolute Gasteiger partial charge is 0.268 e. The number of amides is 1. The lowest BCUT2D eigenvalue weighted by Crippen LogP contribution is -2.47. The molecule has 1 aliphatic heterocycles. The highest BCUT2D eigenvalue weighted by atomic mass is 32.1. The van der Waals surface area contributed by atoms with Crippen molar-refractivity contribution in [2.45, 2.75) is 13.0 Å². The molecule has 2 N–H and O–H groups in total. The Bertz CT molecular complexity index is 639. The van der Waals surface area contributed by atoms with E-state index in [4.69, 9.17) is 5.73 Å². The van der Waals surface area contributed by atoms with Gasteiger partial charge in [-0.15, -0.1) is 11.3 Å². The first-order valence-corrected chi connectivity index (χ1v) is 8.03. The van der Waals surface area contributed by atoms with E-state index in [9.17, 15) is 4.79 Å². The molecule has 3 heterocycles. The Balaban J connectivity index is 1.64. The first-order chi connectivity index (χ1) is 10.6. The Kier molecular flexibility index (Phi) is 4.30. The first kappa shape index (κ1) is 14.9. The zero-order chi connectivity index (χ0) is 15.5. The molecule has 0 saturated carbocycles. The second-order valence-corrected chi connectivity index (χ2v) is 6.12. The number of carbonyl (C=O) groups is 1.